The van der Waals surface area contributed by atoms with Gasteiger partial charge in [0.25, 0.3) is 5.91 Å². The van der Waals surface area contributed by atoms with Crippen molar-refractivity contribution in [2.24, 2.45) is 0 Å². The Hall–Kier alpha value is -2.90. The Kier molecular flexibility index (Phi) is 4.97. The largest absolute Gasteiger partial charge is 0.434 e. The van der Waals surface area contributed by atoms with Crippen molar-refractivity contribution in [2.45, 2.75) is 12.5 Å². The topological polar surface area (TPSA) is 79.0 Å². The maximum absolute atomic E-state index is 12.1. The summed E-state index contributed by atoms with van der Waals surface area (Å²) in [5, 5.41) is 2.36. The number of carbonyl (C=O) groups excluding carboxylic acids is 3. The molecular formula is C17H18FN3O4. The van der Waals surface area contributed by atoms with Crippen molar-refractivity contribution in [3.05, 3.63) is 36.5 Å². The van der Waals surface area contributed by atoms with Crippen molar-refractivity contribution in [1.29, 1.82) is 0 Å². The van der Waals surface area contributed by atoms with Crippen LogP contribution in [-0.2, 0) is 14.3 Å². The summed E-state index contributed by atoms with van der Waals surface area (Å²) in [5.41, 5.74) is 1.50. The number of rotatable bonds is 5. The molecule has 1 atom stereocenters. The molecule has 1 aromatic rings. The summed E-state index contributed by atoms with van der Waals surface area (Å²) in [6.45, 7) is -0.0900. The second-order valence-electron chi connectivity index (χ2n) is 5.70. The molecule has 2 aliphatic rings. The van der Waals surface area contributed by atoms with Gasteiger partial charge in [-0.05, 0) is 30.3 Å². The number of nitrogens with zero attached hydrogens (tertiary/aromatic N) is 2. The fraction of sp³-hybridized carbons (Fsp3) is 0.353. The molecule has 2 amide bonds. The second kappa shape index (κ2) is 7.33. The molecule has 0 aliphatic carbocycles. The molecule has 2 aliphatic heterocycles. The fourth-order valence-corrected chi connectivity index (χ4v) is 2.70. The molecule has 1 aromatic carbocycles. The highest BCUT2D eigenvalue weighted by Crippen LogP contribution is 2.26. The number of halogens is 1. The van der Waals surface area contributed by atoms with Crippen molar-refractivity contribution in [3.63, 3.8) is 0 Å². The van der Waals surface area contributed by atoms with E-state index in [0.29, 0.717) is 18.7 Å². The first-order valence-corrected chi connectivity index (χ1v) is 7.98. The number of ether oxygens (including phenoxy) is 1. The minimum absolute atomic E-state index is 0.0778. The molecule has 0 spiro atoms. The van der Waals surface area contributed by atoms with Crippen LogP contribution in [0.1, 0.15) is 6.42 Å². The summed E-state index contributed by atoms with van der Waals surface area (Å²) < 4.78 is 17.2. The van der Waals surface area contributed by atoms with E-state index >= 15 is 0 Å². The van der Waals surface area contributed by atoms with Gasteiger partial charge in [-0.15, -0.1) is 0 Å². The van der Waals surface area contributed by atoms with Gasteiger partial charge in [0.2, 0.25) is 0 Å². The standard InChI is InChI=1S/C17H18FN3O4/c18-7-8-19-16(23)15-11-21(17(24)25-15)13-3-1-12(2-4-13)20-9-5-14(22)6-10-20/h1-5,9,15H,6-8,10-11H2,(H,19,23)/t15-/m1/s1. The van der Waals surface area contributed by atoms with Crippen LogP contribution in [-0.4, -0.2) is 50.2 Å². The third-order valence-corrected chi connectivity index (χ3v) is 4.03. The highest BCUT2D eigenvalue weighted by molar-refractivity contribution is 5.96. The van der Waals surface area contributed by atoms with Gasteiger partial charge < -0.3 is 15.0 Å². The van der Waals surface area contributed by atoms with Crippen molar-refractivity contribution in [3.8, 4) is 0 Å². The van der Waals surface area contributed by atoms with Crippen LogP contribution in [0.3, 0.4) is 0 Å². The van der Waals surface area contributed by atoms with Gasteiger partial charge in [-0.1, -0.05) is 0 Å². The normalized spacial score (nSPS) is 20.0. The summed E-state index contributed by atoms with van der Waals surface area (Å²) in [5.74, 6) is -0.405. The molecule has 0 radical (unpaired) electrons. The van der Waals surface area contributed by atoms with E-state index in [2.05, 4.69) is 5.32 Å². The molecule has 0 unspecified atom stereocenters. The van der Waals surface area contributed by atoms with Crippen LogP contribution in [0, 0.1) is 0 Å². The Morgan fingerprint density at radius 2 is 1.96 bits per heavy atom. The number of amides is 2. The molecular weight excluding hydrogens is 329 g/mol. The van der Waals surface area contributed by atoms with E-state index < -0.39 is 24.8 Å². The van der Waals surface area contributed by atoms with Crippen LogP contribution in [0.4, 0.5) is 20.6 Å². The summed E-state index contributed by atoms with van der Waals surface area (Å²) >= 11 is 0. The van der Waals surface area contributed by atoms with Crippen LogP contribution in [0.15, 0.2) is 36.5 Å². The van der Waals surface area contributed by atoms with Crippen molar-refractivity contribution in [1.82, 2.24) is 5.32 Å². The van der Waals surface area contributed by atoms with Gasteiger partial charge in [-0.25, -0.2) is 9.18 Å². The predicted octanol–water partition coefficient (Wildman–Crippen LogP) is 1.39. The minimum atomic E-state index is -0.949. The Morgan fingerprint density at radius 3 is 2.60 bits per heavy atom. The number of cyclic esters (lactones) is 1. The number of ketones is 1. The molecule has 132 valence electrons. The maximum Gasteiger partial charge on any atom is 0.415 e. The number of hydrogen-bond donors (Lipinski definition) is 1. The van der Waals surface area contributed by atoms with Gasteiger partial charge in [0, 0.05) is 37.1 Å². The zero-order valence-corrected chi connectivity index (χ0v) is 13.5. The Morgan fingerprint density at radius 1 is 1.24 bits per heavy atom. The van der Waals surface area contributed by atoms with E-state index in [-0.39, 0.29) is 18.9 Å². The van der Waals surface area contributed by atoms with E-state index in [0.717, 1.165) is 5.69 Å². The summed E-state index contributed by atoms with van der Waals surface area (Å²) in [7, 11) is 0. The lowest BCUT2D eigenvalue weighted by Gasteiger charge is -2.23. The quantitative estimate of drug-likeness (QED) is 0.871. The number of allylic oxidation sites excluding steroid dienone is 1. The van der Waals surface area contributed by atoms with Crippen molar-refractivity contribution < 1.29 is 23.5 Å². The van der Waals surface area contributed by atoms with Crippen molar-refractivity contribution >= 4 is 29.2 Å². The Balaban J connectivity index is 1.66. The number of hydrogen-bond acceptors (Lipinski definition) is 5. The number of anilines is 2. The van der Waals surface area contributed by atoms with Gasteiger partial charge >= 0.3 is 6.09 Å². The van der Waals surface area contributed by atoms with Gasteiger partial charge in [0.15, 0.2) is 11.9 Å². The number of carbonyl (C=O) groups is 3. The molecule has 7 nitrogen and oxygen atoms in total. The fourth-order valence-electron chi connectivity index (χ4n) is 2.70. The van der Waals surface area contributed by atoms with Crippen LogP contribution in [0.25, 0.3) is 0 Å². The number of nitrogens with one attached hydrogen (secondary N) is 1. The zero-order chi connectivity index (χ0) is 17.8. The van der Waals surface area contributed by atoms with Gasteiger partial charge in [-0.3, -0.25) is 14.5 Å². The maximum atomic E-state index is 12.1. The van der Waals surface area contributed by atoms with E-state index in [1.807, 2.05) is 17.0 Å². The third kappa shape index (κ3) is 3.78. The van der Waals surface area contributed by atoms with Gasteiger partial charge in [0.05, 0.1) is 6.54 Å². The smallest absolute Gasteiger partial charge is 0.415 e. The summed E-state index contributed by atoms with van der Waals surface area (Å²) in [6.07, 6.45) is 2.17. The highest BCUT2D eigenvalue weighted by Gasteiger charge is 2.36. The Bertz CT molecular complexity index is 704. The first-order valence-electron chi connectivity index (χ1n) is 7.98. The monoisotopic (exact) mass is 347 g/mol. The molecule has 0 aromatic heterocycles. The molecule has 3 rings (SSSR count). The lowest BCUT2D eigenvalue weighted by Crippen LogP contribution is -2.38. The average Bonchev–Trinajstić information content (AvgIpc) is 3.02. The van der Waals surface area contributed by atoms with Gasteiger partial charge in [0.1, 0.15) is 6.67 Å². The molecule has 1 N–H and O–H groups in total. The highest BCUT2D eigenvalue weighted by atomic mass is 19.1. The minimum Gasteiger partial charge on any atom is -0.434 e. The van der Waals surface area contributed by atoms with Crippen LogP contribution >= 0.6 is 0 Å². The van der Waals surface area contributed by atoms with E-state index in [4.69, 9.17) is 4.74 Å². The van der Waals surface area contributed by atoms with E-state index in [1.165, 1.54) is 11.0 Å². The first-order chi connectivity index (χ1) is 12.1. The number of benzene rings is 1. The van der Waals surface area contributed by atoms with Crippen LogP contribution < -0.4 is 15.1 Å². The average molecular weight is 347 g/mol. The van der Waals surface area contributed by atoms with Crippen LogP contribution in [0.5, 0.6) is 0 Å². The molecule has 1 saturated heterocycles. The predicted molar refractivity (Wildman–Crippen MR) is 89.2 cm³/mol. The van der Waals surface area contributed by atoms with Gasteiger partial charge in [-0.2, -0.15) is 0 Å². The SMILES string of the molecule is O=C1C=CN(c2ccc(N3C[C@H](C(=O)NCCF)OC3=O)cc2)CC1. The van der Waals surface area contributed by atoms with E-state index in [9.17, 15) is 18.8 Å². The lowest BCUT2D eigenvalue weighted by molar-refractivity contribution is -0.127. The second-order valence-corrected chi connectivity index (χ2v) is 5.70. The number of alkyl halides is 1. The molecule has 25 heavy (non-hydrogen) atoms. The summed E-state index contributed by atoms with van der Waals surface area (Å²) in [6, 6.07) is 7.17. The molecule has 8 heteroatoms. The molecule has 2 heterocycles. The van der Waals surface area contributed by atoms with Crippen LogP contribution in [0.2, 0.25) is 0 Å². The molecule has 1 fully saturated rings. The Labute approximate surface area is 144 Å². The van der Waals surface area contributed by atoms with Crippen molar-refractivity contribution in [2.75, 3.05) is 36.1 Å². The van der Waals surface area contributed by atoms with E-state index in [1.54, 1.807) is 18.3 Å². The third-order valence-electron chi connectivity index (χ3n) is 4.03. The lowest BCUT2D eigenvalue weighted by atomic mass is 10.1. The summed E-state index contributed by atoms with van der Waals surface area (Å²) in [4.78, 5) is 38.3. The molecule has 0 bridgehead atoms. The molecule has 0 saturated carbocycles. The first kappa shape index (κ1) is 16.9. The zero-order valence-electron chi connectivity index (χ0n) is 13.5.